The minimum atomic E-state index is 0.0504. The van der Waals surface area contributed by atoms with Crippen LogP contribution in [0.1, 0.15) is 103 Å². The predicted octanol–water partition coefficient (Wildman–Crippen LogP) is 9.44. The van der Waals surface area contributed by atoms with E-state index < -0.39 is 0 Å². The molecule has 264 valence electrons. The van der Waals surface area contributed by atoms with Gasteiger partial charge in [-0.1, -0.05) is 63.5 Å². The van der Waals surface area contributed by atoms with Gasteiger partial charge in [0.2, 0.25) is 0 Å². The average Bonchev–Trinajstić information content (AvgIpc) is 3.53. The molecule has 48 heavy (non-hydrogen) atoms. The molecule has 8 heteroatoms. The molecule has 3 aliphatic carbocycles. The van der Waals surface area contributed by atoms with E-state index in [1.54, 1.807) is 0 Å². The summed E-state index contributed by atoms with van der Waals surface area (Å²) in [4.78, 5) is 36.4. The number of nitrogens with zero attached hydrogens (tertiary/aromatic N) is 4. The minimum absolute atomic E-state index is 0.0504. The second kappa shape index (κ2) is 17.8. The molecule has 2 aromatic rings. The molecule has 2 N–H and O–H groups in total. The fourth-order valence-electron chi connectivity index (χ4n) is 8.20. The monoisotopic (exact) mass is 658 g/mol. The van der Waals surface area contributed by atoms with Gasteiger partial charge in [0.15, 0.2) is 0 Å². The first-order chi connectivity index (χ1) is 23.3. The van der Waals surface area contributed by atoms with Gasteiger partial charge >= 0.3 is 12.1 Å². The Labute approximate surface area is 290 Å². The van der Waals surface area contributed by atoms with Crippen molar-refractivity contribution in [2.75, 3.05) is 61.7 Å². The highest BCUT2D eigenvalue weighted by molar-refractivity contribution is 5.91. The predicted molar refractivity (Wildman–Crippen MR) is 201 cm³/mol. The van der Waals surface area contributed by atoms with Gasteiger partial charge in [0, 0.05) is 76.1 Å². The molecule has 8 nitrogen and oxygen atoms in total. The molecule has 0 unspecified atom stereocenters. The highest BCUT2D eigenvalue weighted by Crippen LogP contribution is 2.34. The van der Waals surface area contributed by atoms with Gasteiger partial charge in [-0.05, 0) is 99.6 Å². The van der Waals surface area contributed by atoms with Crippen molar-refractivity contribution in [1.82, 2.24) is 9.80 Å². The first kappa shape index (κ1) is 35.9. The third-order valence-electron chi connectivity index (χ3n) is 11.2. The molecule has 3 fully saturated rings. The number of benzene rings is 2. The zero-order valence-corrected chi connectivity index (χ0v) is 30.3. The molecule has 2 aromatic carbocycles. The molecule has 0 bridgehead atoms. The average molecular weight is 659 g/mol. The Bertz CT molecular complexity index is 1190. The molecule has 0 spiro atoms. The molecular weight excluding hydrogens is 596 g/mol. The van der Waals surface area contributed by atoms with Crippen molar-refractivity contribution in [3.8, 4) is 0 Å². The van der Waals surface area contributed by atoms with Gasteiger partial charge in [-0.15, -0.1) is 0 Å². The fourth-order valence-corrected chi connectivity index (χ4v) is 8.20. The van der Waals surface area contributed by atoms with Gasteiger partial charge in [0.25, 0.3) is 0 Å². The summed E-state index contributed by atoms with van der Waals surface area (Å²) in [7, 11) is 8.12. The van der Waals surface area contributed by atoms with Crippen LogP contribution in [0.4, 0.5) is 32.3 Å². The van der Waals surface area contributed by atoms with E-state index in [2.05, 4.69) is 54.5 Å². The van der Waals surface area contributed by atoms with Crippen LogP contribution in [0.5, 0.6) is 0 Å². The molecule has 0 saturated heterocycles. The summed E-state index contributed by atoms with van der Waals surface area (Å²) in [6, 6.07) is 17.0. The van der Waals surface area contributed by atoms with Crippen LogP contribution < -0.4 is 20.4 Å². The minimum Gasteiger partial charge on any atom is -0.378 e. The lowest BCUT2D eigenvalue weighted by Crippen LogP contribution is -2.47. The first-order valence-corrected chi connectivity index (χ1v) is 19.0. The van der Waals surface area contributed by atoms with Gasteiger partial charge < -0.3 is 30.2 Å². The van der Waals surface area contributed by atoms with Crippen molar-refractivity contribution in [3.63, 3.8) is 0 Å². The zero-order chi connectivity index (χ0) is 33.9. The van der Waals surface area contributed by atoms with Crippen LogP contribution in [-0.4, -0.2) is 75.2 Å². The Morgan fingerprint density at radius 1 is 0.542 bits per heavy atom. The third-order valence-corrected chi connectivity index (χ3v) is 11.2. The summed E-state index contributed by atoms with van der Waals surface area (Å²) in [6.07, 6.45) is 18.8. The van der Waals surface area contributed by atoms with Crippen LogP contribution in [0.15, 0.2) is 48.5 Å². The van der Waals surface area contributed by atoms with E-state index in [1.165, 1.54) is 51.4 Å². The maximum absolute atomic E-state index is 13.9. The van der Waals surface area contributed by atoms with Crippen molar-refractivity contribution in [3.05, 3.63) is 48.5 Å². The molecule has 4 amide bonds. The number of carbonyl (C=O) groups excluding carboxylic acids is 2. The zero-order valence-electron chi connectivity index (χ0n) is 30.3. The molecule has 3 aliphatic rings. The van der Waals surface area contributed by atoms with Gasteiger partial charge in [-0.3, -0.25) is 0 Å². The van der Waals surface area contributed by atoms with Crippen molar-refractivity contribution in [1.29, 1.82) is 0 Å². The van der Waals surface area contributed by atoms with Crippen LogP contribution in [0.3, 0.4) is 0 Å². The summed E-state index contributed by atoms with van der Waals surface area (Å²) in [5, 5.41) is 6.54. The summed E-state index contributed by atoms with van der Waals surface area (Å²) >= 11 is 0. The van der Waals surface area contributed by atoms with Crippen LogP contribution in [0.2, 0.25) is 0 Å². The SMILES string of the molecule is CN(C)c1cccc(NC(=O)N(C[C@H]2CC[C@H](CN(C(=O)Nc3cccc(N(C)C)c3)C3CCCCCC3)CC2)C2CCCCCC2)c1. The van der Waals surface area contributed by atoms with Crippen LogP contribution in [0.25, 0.3) is 0 Å². The lowest BCUT2D eigenvalue weighted by Gasteiger charge is -2.39. The van der Waals surface area contributed by atoms with E-state index in [0.29, 0.717) is 23.9 Å². The summed E-state index contributed by atoms with van der Waals surface area (Å²) in [5.41, 5.74) is 3.89. The van der Waals surface area contributed by atoms with Gasteiger partial charge in [-0.2, -0.15) is 0 Å². The number of hydrogen-bond acceptors (Lipinski definition) is 4. The largest absolute Gasteiger partial charge is 0.378 e. The number of amides is 4. The number of hydrogen-bond donors (Lipinski definition) is 2. The van der Waals surface area contributed by atoms with E-state index >= 15 is 0 Å². The van der Waals surface area contributed by atoms with E-state index in [1.807, 2.05) is 52.5 Å². The normalized spacial score (nSPS) is 21.0. The maximum atomic E-state index is 13.9. The quantitative estimate of drug-likeness (QED) is 0.250. The van der Waals surface area contributed by atoms with Gasteiger partial charge in [-0.25, -0.2) is 9.59 Å². The van der Waals surface area contributed by atoms with E-state index in [-0.39, 0.29) is 12.1 Å². The number of rotatable bonds is 10. The number of carbonyl (C=O) groups is 2. The van der Waals surface area contributed by atoms with Crippen LogP contribution in [0, 0.1) is 11.8 Å². The van der Waals surface area contributed by atoms with Crippen molar-refractivity contribution >= 4 is 34.8 Å². The number of nitrogens with one attached hydrogen (secondary N) is 2. The highest BCUT2D eigenvalue weighted by Gasteiger charge is 2.33. The second-order valence-corrected chi connectivity index (χ2v) is 15.2. The Kier molecular flexibility index (Phi) is 13.3. The van der Waals surface area contributed by atoms with Crippen molar-refractivity contribution in [2.24, 2.45) is 11.8 Å². The molecule has 3 saturated carbocycles. The third kappa shape index (κ3) is 10.3. The first-order valence-electron chi connectivity index (χ1n) is 19.0. The van der Waals surface area contributed by atoms with Crippen LogP contribution in [-0.2, 0) is 0 Å². The molecule has 0 radical (unpaired) electrons. The Morgan fingerprint density at radius 2 is 0.896 bits per heavy atom. The number of anilines is 4. The Morgan fingerprint density at radius 3 is 1.23 bits per heavy atom. The van der Waals surface area contributed by atoms with Crippen molar-refractivity contribution in [2.45, 2.75) is 115 Å². The topological polar surface area (TPSA) is 71.2 Å². The standard InChI is InChI=1S/C40H62N6O2/c1-43(2)37-21-13-15-33(27-37)41-39(47)45(35-17-9-5-6-10-18-35)29-31-23-25-32(26-24-31)30-46(36-19-11-7-8-12-20-36)40(48)42-34-16-14-22-38(28-34)44(3)4/h13-16,21-22,27-28,31-32,35-36H,5-12,17-20,23-26,29-30H2,1-4H3,(H,41,47)(H,42,48)/t31-,32-. The maximum Gasteiger partial charge on any atom is 0.322 e. The molecule has 0 atom stereocenters. The van der Waals surface area contributed by atoms with Gasteiger partial charge in [0.1, 0.15) is 0 Å². The Hall–Kier alpha value is -3.42. The molecule has 5 rings (SSSR count). The highest BCUT2D eigenvalue weighted by atomic mass is 16.2. The molecule has 0 aromatic heterocycles. The summed E-state index contributed by atoms with van der Waals surface area (Å²) in [6.45, 7) is 1.65. The van der Waals surface area contributed by atoms with Crippen LogP contribution >= 0.6 is 0 Å². The molecular formula is C40H62N6O2. The summed E-state index contributed by atoms with van der Waals surface area (Å²) in [5.74, 6) is 0.995. The van der Waals surface area contributed by atoms with E-state index in [9.17, 15) is 9.59 Å². The van der Waals surface area contributed by atoms with E-state index in [4.69, 9.17) is 0 Å². The van der Waals surface area contributed by atoms with E-state index in [0.717, 1.165) is 87.2 Å². The van der Waals surface area contributed by atoms with Gasteiger partial charge in [0.05, 0.1) is 0 Å². The fraction of sp³-hybridized carbons (Fsp3) is 0.650. The molecule has 0 heterocycles. The summed E-state index contributed by atoms with van der Waals surface area (Å²) < 4.78 is 0. The lowest BCUT2D eigenvalue weighted by atomic mass is 9.81. The molecule has 0 aliphatic heterocycles. The smallest absolute Gasteiger partial charge is 0.322 e. The Balaban J connectivity index is 1.22. The van der Waals surface area contributed by atoms with Crippen molar-refractivity contribution < 1.29 is 9.59 Å². The second-order valence-electron chi connectivity index (χ2n) is 15.2. The lowest BCUT2D eigenvalue weighted by molar-refractivity contribution is 0.126. The number of urea groups is 2.